The molecule has 2 aromatic carbocycles. The third-order valence-corrected chi connectivity index (χ3v) is 5.08. The molecule has 2 aromatic rings. The van der Waals surface area contributed by atoms with Gasteiger partial charge in [-0.25, -0.2) is 9.79 Å². The van der Waals surface area contributed by atoms with Crippen LogP contribution in [0.1, 0.15) is 29.3 Å². The normalized spacial score (nSPS) is 16.8. The van der Waals surface area contributed by atoms with Crippen LogP contribution in [0.4, 0.5) is 5.69 Å². The zero-order valence-corrected chi connectivity index (χ0v) is 16.4. The maximum Gasteiger partial charge on any atom is 0.337 e. The van der Waals surface area contributed by atoms with Gasteiger partial charge in [-0.3, -0.25) is 9.69 Å². The van der Waals surface area contributed by atoms with Crippen molar-refractivity contribution >= 4 is 40.6 Å². The number of benzene rings is 2. The highest BCUT2D eigenvalue weighted by atomic mass is 32.2. The first-order valence-electron chi connectivity index (χ1n) is 8.81. The molecule has 0 atom stereocenters. The van der Waals surface area contributed by atoms with Crippen LogP contribution in [-0.4, -0.2) is 40.7 Å². The molecule has 1 aliphatic heterocycles. The van der Waals surface area contributed by atoms with Crippen molar-refractivity contribution in [3.63, 3.8) is 0 Å². The predicted octanol–water partition coefficient (Wildman–Crippen LogP) is 4.41. The van der Waals surface area contributed by atoms with Crippen LogP contribution < -0.4 is 4.74 Å². The summed E-state index contributed by atoms with van der Waals surface area (Å²) in [5, 5.41) is 9.75. The number of para-hydroxylation sites is 2. The van der Waals surface area contributed by atoms with E-state index in [9.17, 15) is 14.7 Å². The van der Waals surface area contributed by atoms with Gasteiger partial charge < -0.3 is 9.84 Å². The van der Waals surface area contributed by atoms with Gasteiger partial charge in [0, 0.05) is 12.6 Å². The molecule has 0 unspecified atom stereocenters. The molecule has 144 valence electrons. The number of amidine groups is 1. The summed E-state index contributed by atoms with van der Waals surface area (Å²) in [7, 11) is 1.62. The number of thioether (sulfide) groups is 1. The van der Waals surface area contributed by atoms with Crippen molar-refractivity contribution in [1.82, 2.24) is 4.90 Å². The highest BCUT2D eigenvalue weighted by Crippen LogP contribution is 2.35. The number of carboxylic acid groups (broad SMARTS) is 1. The van der Waals surface area contributed by atoms with Crippen LogP contribution in [0.2, 0.25) is 0 Å². The van der Waals surface area contributed by atoms with E-state index in [0.29, 0.717) is 22.4 Å². The molecule has 0 radical (unpaired) electrons. The van der Waals surface area contributed by atoms with Gasteiger partial charge in [0.2, 0.25) is 0 Å². The minimum Gasteiger partial charge on any atom is -0.493 e. The molecule has 1 saturated heterocycles. The minimum atomic E-state index is -1.06. The van der Waals surface area contributed by atoms with Crippen LogP contribution in [-0.2, 0) is 4.79 Å². The average molecular weight is 396 g/mol. The second-order valence-corrected chi connectivity index (χ2v) is 7.09. The number of hydrogen-bond donors (Lipinski definition) is 1. The smallest absolute Gasteiger partial charge is 0.337 e. The number of likely N-dealkylation sites (N-methyl/N-ethyl adjacent to an activating group) is 1. The maximum absolute atomic E-state index is 12.7. The summed E-state index contributed by atoms with van der Waals surface area (Å²) in [4.78, 5) is 30.4. The molecule has 0 saturated carbocycles. The lowest BCUT2D eigenvalue weighted by molar-refractivity contribution is -0.121. The Morgan fingerprint density at radius 1 is 1.21 bits per heavy atom. The van der Waals surface area contributed by atoms with Crippen molar-refractivity contribution in [3.05, 3.63) is 64.6 Å². The van der Waals surface area contributed by atoms with Gasteiger partial charge in [-0.15, -0.1) is 0 Å². The summed E-state index contributed by atoms with van der Waals surface area (Å²) < 4.78 is 5.75. The van der Waals surface area contributed by atoms with E-state index in [0.717, 1.165) is 17.7 Å². The van der Waals surface area contributed by atoms with Crippen molar-refractivity contribution in [2.24, 2.45) is 4.99 Å². The van der Waals surface area contributed by atoms with E-state index in [1.165, 1.54) is 22.7 Å². The Hall–Kier alpha value is -3.06. The van der Waals surface area contributed by atoms with E-state index < -0.39 is 5.97 Å². The van der Waals surface area contributed by atoms with Crippen molar-refractivity contribution in [3.8, 4) is 5.75 Å². The fourth-order valence-corrected chi connectivity index (χ4v) is 3.56. The Kier molecular flexibility index (Phi) is 6.16. The number of carboxylic acids is 1. The molecular formula is C21H20N2O4S. The Balaban J connectivity index is 1.93. The van der Waals surface area contributed by atoms with Gasteiger partial charge in [0.05, 0.1) is 22.8 Å². The van der Waals surface area contributed by atoms with E-state index in [4.69, 9.17) is 4.74 Å². The van der Waals surface area contributed by atoms with Crippen LogP contribution in [0.25, 0.3) is 6.08 Å². The summed E-state index contributed by atoms with van der Waals surface area (Å²) in [5.41, 5.74) is 1.21. The van der Waals surface area contributed by atoms with Gasteiger partial charge in [0.1, 0.15) is 5.75 Å². The van der Waals surface area contributed by atoms with E-state index >= 15 is 0 Å². The summed E-state index contributed by atoms with van der Waals surface area (Å²) >= 11 is 1.21. The fraction of sp³-hybridized carbons (Fsp3) is 0.190. The second-order valence-electron chi connectivity index (χ2n) is 6.08. The van der Waals surface area contributed by atoms with E-state index in [2.05, 4.69) is 4.99 Å². The molecule has 1 heterocycles. The molecule has 6 nitrogen and oxygen atoms in total. The maximum atomic E-state index is 12.7. The minimum absolute atomic E-state index is 0.0900. The van der Waals surface area contributed by atoms with E-state index in [1.807, 2.05) is 31.2 Å². The average Bonchev–Trinajstić information content (AvgIpc) is 2.95. The number of carbonyl (C=O) groups is 2. The molecule has 0 aliphatic carbocycles. The number of amides is 1. The molecule has 1 aliphatic rings. The summed E-state index contributed by atoms with van der Waals surface area (Å²) in [6.07, 6.45) is 2.67. The monoisotopic (exact) mass is 396 g/mol. The Bertz CT molecular complexity index is 968. The van der Waals surface area contributed by atoms with Gasteiger partial charge in [-0.2, -0.15) is 0 Å². The summed E-state index contributed by atoms with van der Waals surface area (Å²) in [6.45, 7) is 2.63. The predicted molar refractivity (Wildman–Crippen MR) is 111 cm³/mol. The van der Waals surface area contributed by atoms with Crippen LogP contribution in [0.15, 0.2) is 58.4 Å². The Morgan fingerprint density at radius 2 is 1.93 bits per heavy atom. The molecule has 0 spiro atoms. The molecule has 0 aromatic heterocycles. The SMILES string of the molecule is CCCOc1ccccc1/C=C1\SC(=Nc2ccccc2C(=O)O)N(C)C1=O. The number of ether oxygens (including phenoxy) is 1. The standard InChI is InChI=1S/C21H20N2O4S/c1-3-12-27-17-11-7-4-8-14(17)13-18-19(24)23(2)21(28-18)22-16-10-6-5-9-15(16)20(25)26/h4-11,13H,3,12H2,1-2H3,(H,25,26)/b18-13-,22-21?. The number of hydrogen-bond acceptors (Lipinski definition) is 5. The molecule has 0 bridgehead atoms. The number of rotatable bonds is 6. The van der Waals surface area contributed by atoms with Gasteiger partial charge >= 0.3 is 5.97 Å². The number of carbonyl (C=O) groups excluding carboxylic acids is 1. The Morgan fingerprint density at radius 3 is 2.68 bits per heavy atom. The van der Waals surface area contributed by atoms with Crippen LogP contribution in [0.3, 0.4) is 0 Å². The van der Waals surface area contributed by atoms with Gasteiger partial charge in [0.15, 0.2) is 5.17 Å². The quantitative estimate of drug-likeness (QED) is 0.732. The lowest BCUT2D eigenvalue weighted by Gasteiger charge is -2.08. The first-order valence-corrected chi connectivity index (χ1v) is 9.63. The van der Waals surface area contributed by atoms with E-state index in [1.54, 1.807) is 31.3 Å². The summed E-state index contributed by atoms with van der Waals surface area (Å²) in [5.74, 6) is -0.536. The first-order chi connectivity index (χ1) is 13.5. The number of aromatic carboxylic acids is 1. The third kappa shape index (κ3) is 4.26. The van der Waals surface area contributed by atoms with Crippen LogP contribution in [0, 0.1) is 0 Å². The topological polar surface area (TPSA) is 79.2 Å². The highest BCUT2D eigenvalue weighted by molar-refractivity contribution is 8.18. The molecule has 1 N–H and O–H groups in total. The molecule has 1 fully saturated rings. The first kappa shape index (κ1) is 19.7. The molecule has 7 heteroatoms. The third-order valence-electron chi connectivity index (χ3n) is 4.02. The van der Waals surface area contributed by atoms with Gasteiger partial charge in [0.25, 0.3) is 5.91 Å². The van der Waals surface area contributed by atoms with Gasteiger partial charge in [-0.1, -0.05) is 37.3 Å². The molecule has 3 rings (SSSR count). The zero-order chi connectivity index (χ0) is 20.1. The molecular weight excluding hydrogens is 376 g/mol. The number of aliphatic imine (C=N–C) groups is 1. The lowest BCUT2D eigenvalue weighted by Crippen LogP contribution is -2.23. The molecule has 28 heavy (non-hydrogen) atoms. The lowest BCUT2D eigenvalue weighted by atomic mass is 10.2. The van der Waals surface area contributed by atoms with Crippen molar-refractivity contribution in [2.45, 2.75) is 13.3 Å². The Labute approximate surface area is 167 Å². The summed E-state index contributed by atoms with van der Waals surface area (Å²) in [6, 6.07) is 14.0. The van der Waals surface area contributed by atoms with Crippen LogP contribution in [0.5, 0.6) is 5.75 Å². The highest BCUT2D eigenvalue weighted by Gasteiger charge is 2.31. The van der Waals surface area contributed by atoms with Crippen LogP contribution >= 0.6 is 11.8 Å². The zero-order valence-electron chi connectivity index (χ0n) is 15.6. The fourth-order valence-electron chi connectivity index (χ4n) is 2.59. The van der Waals surface area contributed by atoms with Crippen molar-refractivity contribution in [2.75, 3.05) is 13.7 Å². The van der Waals surface area contributed by atoms with E-state index in [-0.39, 0.29) is 11.5 Å². The largest absolute Gasteiger partial charge is 0.493 e. The van der Waals surface area contributed by atoms with Crippen molar-refractivity contribution in [1.29, 1.82) is 0 Å². The second kappa shape index (κ2) is 8.75. The van der Waals surface area contributed by atoms with Gasteiger partial charge in [-0.05, 0) is 42.5 Å². The molecule has 1 amide bonds. The number of nitrogens with zero attached hydrogens (tertiary/aromatic N) is 2. The van der Waals surface area contributed by atoms with Crippen molar-refractivity contribution < 1.29 is 19.4 Å².